The number of benzene rings is 2. The minimum atomic E-state index is 0.145. The second-order valence-corrected chi connectivity index (χ2v) is 7.18. The van der Waals surface area contributed by atoms with Crippen LogP contribution in [0.25, 0.3) is 0 Å². The molecule has 1 heterocycles. The van der Waals surface area contributed by atoms with E-state index < -0.39 is 0 Å². The zero-order valence-electron chi connectivity index (χ0n) is 15.7. The van der Waals surface area contributed by atoms with Crippen LogP contribution in [0, 0.1) is 19.8 Å². The molecule has 1 aliphatic rings. The fourth-order valence-corrected chi connectivity index (χ4v) is 3.76. The van der Waals surface area contributed by atoms with Gasteiger partial charge in [0.15, 0.2) is 0 Å². The molecular weight excluding hydrogens is 324 g/mol. The summed E-state index contributed by atoms with van der Waals surface area (Å²) < 4.78 is 5.81. The molecule has 0 saturated carbocycles. The van der Waals surface area contributed by atoms with Gasteiger partial charge in [0.25, 0.3) is 0 Å². The molecule has 1 saturated heterocycles. The van der Waals surface area contributed by atoms with Gasteiger partial charge in [0.05, 0.1) is 13.0 Å². The van der Waals surface area contributed by atoms with Crippen LogP contribution in [0.3, 0.4) is 0 Å². The van der Waals surface area contributed by atoms with Crippen molar-refractivity contribution in [1.82, 2.24) is 4.90 Å². The van der Waals surface area contributed by atoms with Gasteiger partial charge in [0.1, 0.15) is 5.75 Å². The van der Waals surface area contributed by atoms with E-state index in [0.29, 0.717) is 31.4 Å². The summed E-state index contributed by atoms with van der Waals surface area (Å²) in [6.45, 7) is 6.57. The molecule has 0 radical (unpaired) electrons. The van der Waals surface area contributed by atoms with E-state index in [1.165, 1.54) is 11.1 Å². The largest absolute Gasteiger partial charge is 0.493 e. The van der Waals surface area contributed by atoms with Crippen molar-refractivity contribution in [3.8, 4) is 5.75 Å². The molecule has 2 atom stereocenters. The smallest absolute Gasteiger partial charge is 0.226 e. The average molecular weight is 352 g/mol. The fraction of sp³-hybridized carbons (Fsp3) is 0.409. The highest BCUT2D eigenvalue weighted by Crippen LogP contribution is 2.32. The van der Waals surface area contributed by atoms with E-state index in [9.17, 15) is 4.79 Å². The minimum absolute atomic E-state index is 0.145. The first-order valence-electron chi connectivity index (χ1n) is 9.31. The number of hydrogen-bond donors (Lipinski definition) is 1. The Morgan fingerprint density at radius 2 is 1.92 bits per heavy atom. The number of rotatable bonds is 6. The van der Waals surface area contributed by atoms with Gasteiger partial charge in [-0.2, -0.15) is 0 Å². The summed E-state index contributed by atoms with van der Waals surface area (Å²) in [7, 11) is 0. The Bertz CT molecular complexity index is 745. The third-order valence-corrected chi connectivity index (χ3v) is 5.23. The van der Waals surface area contributed by atoms with Crippen molar-refractivity contribution in [1.29, 1.82) is 0 Å². The van der Waals surface area contributed by atoms with Gasteiger partial charge in [-0.3, -0.25) is 4.79 Å². The predicted molar refractivity (Wildman–Crippen MR) is 104 cm³/mol. The molecule has 0 aliphatic carbocycles. The van der Waals surface area contributed by atoms with E-state index >= 15 is 0 Å². The number of likely N-dealkylation sites (tertiary alicyclic amines) is 1. The van der Waals surface area contributed by atoms with Crippen molar-refractivity contribution >= 4 is 5.91 Å². The standard InChI is InChI=1S/C22H28N2O2/c1-16-8-9-21(17(2)12-16)26-11-10-22(25)24-14-19(13-23)20(15-24)18-6-4-3-5-7-18/h3-9,12,19-20H,10-11,13-15,23H2,1-2H3/t19-,20+/m1/s1. The van der Waals surface area contributed by atoms with Crippen LogP contribution < -0.4 is 10.5 Å². The van der Waals surface area contributed by atoms with Crippen LogP contribution in [-0.4, -0.2) is 37.0 Å². The highest BCUT2D eigenvalue weighted by molar-refractivity contribution is 5.76. The van der Waals surface area contributed by atoms with Gasteiger partial charge in [-0.1, -0.05) is 48.0 Å². The Labute approximate surface area is 156 Å². The lowest BCUT2D eigenvalue weighted by Gasteiger charge is -2.17. The lowest BCUT2D eigenvalue weighted by Crippen LogP contribution is -2.30. The Morgan fingerprint density at radius 3 is 2.62 bits per heavy atom. The van der Waals surface area contributed by atoms with Crippen LogP contribution in [0.15, 0.2) is 48.5 Å². The maximum Gasteiger partial charge on any atom is 0.226 e. The number of nitrogens with two attached hydrogens (primary N) is 1. The molecular formula is C22H28N2O2. The van der Waals surface area contributed by atoms with Crippen LogP contribution >= 0.6 is 0 Å². The first kappa shape index (κ1) is 18.5. The highest BCUT2D eigenvalue weighted by Gasteiger charge is 2.34. The van der Waals surface area contributed by atoms with E-state index in [2.05, 4.69) is 25.1 Å². The van der Waals surface area contributed by atoms with Gasteiger partial charge >= 0.3 is 0 Å². The van der Waals surface area contributed by atoms with Gasteiger partial charge in [0, 0.05) is 19.0 Å². The van der Waals surface area contributed by atoms with Gasteiger partial charge < -0.3 is 15.4 Å². The summed E-state index contributed by atoms with van der Waals surface area (Å²) in [4.78, 5) is 14.6. The summed E-state index contributed by atoms with van der Waals surface area (Å²) in [5.74, 6) is 1.64. The maximum absolute atomic E-state index is 12.6. The second kappa shape index (κ2) is 8.37. The highest BCUT2D eigenvalue weighted by atomic mass is 16.5. The molecule has 2 N–H and O–H groups in total. The zero-order valence-corrected chi connectivity index (χ0v) is 15.7. The average Bonchev–Trinajstić information content (AvgIpc) is 3.09. The Kier molecular flexibility index (Phi) is 5.94. The molecule has 2 aromatic rings. The summed E-state index contributed by atoms with van der Waals surface area (Å²) in [5.41, 5.74) is 9.55. The van der Waals surface area contributed by atoms with Crippen molar-refractivity contribution < 1.29 is 9.53 Å². The molecule has 4 heteroatoms. The molecule has 1 aliphatic heterocycles. The Balaban J connectivity index is 1.55. The Hall–Kier alpha value is -2.33. The minimum Gasteiger partial charge on any atom is -0.493 e. The molecule has 2 aromatic carbocycles. The topological polar surface area (TPSA) is 55.6 Å². The van der Waals surface area contributed by atoms with Crippen LogP contribution in [0.1, 0.15) is 29.0 Å². The van der Waals surface area contributed by atoms with Crippen molar-refractivity contribution in [2.75, 3.05) is 26.2 Å². The van der Waals surface area contributed by atoms with Crippen LogP contribution in [0.5, 0.6) is 5.75 Å². The first-order chi connectivity index (χ1) is 12.6. The number of carbonyl (C=O) groups excluding carboxylic acids is 1. The molecule has 4 nitrogen and oxygen atoms in total. The van der Waals surface area contributed by atoms with Crippen LogP contribution in [0.4, 0.5) is 0 Å². The van der Waals surface area contributed by atoms with Crippen molar-refractivity contribution in [2.24, 2.45) is 11.7 Å². The van der Waals surface area contributed by atoms with Gasteiger partial charge in [-0.05, 0) is 43.5 Å². The van der Waals surface area contributed by atoms with Crippen LogP contribution in [-0.2, 0) is 4.79 Å². The Morgan fingerprint density at radius 1 is 1.15 bits per heavy atom. The molecule has 26 heavy (non-hydrogen) atoms. The summed E-state index contributed by atoms with van der Waals surface area (Å²) >= 11 is 0. The van der Waals surface area contributed by atoms with E-state index in [1.54, 1.807) is 0 Å². The summed E-state index contributed by atoms with van der Waals surface area (Å²) in [6, 6.07) is 16.5. The number of hydrogen-bond acceptors (Lipinski definition) is 3. The van der Waals surface area contributed by atoms with Gasteiger partial charge in [-0.15, -0.1) is 0 Å². The fourth-order valence-electron chi connectivity index (χ4n) is 3.76. The maximum atomic E-state index is 12.6. The number of nitrogens with zero attached hydrogens (tertiary/aromatic N) is 1. The van der Waals surface area contributed by atoms with Gasteiger partial charge in [-0.25, -0.2) is 0 Å². The van der Waals surface area contributed by atoms with E-state index in [1.807, 2.05) is 42.2 Å². The molecule has 0 aromatic heterocycles. The molecule has 0 unspecified atom stereocenters. The van der Waals surface area contributed by atoms with E-state index in [0.717, 1.165) is 24.4 Å². The molecule has 1 amide bonds. The monoisotopic (exact) mass is 352 g/mol. The third kappa shape index (κ3) is 4.25. The predicted octanol–water partition coefficient (Wildman–Crippen LogP) is 3.27. The molecule has 0 spiro atoms. The second-order valence-electron chi connectivity index (χ2n) is 7.18. The van der Waals surface area contributed by atoms with Gasteiger partial charge in [0.2, 0.25) is 5.91 Å². The quantitative estimate of drug-likeness (QED) is 0.868. The van der Waals surface area contributed by atoms with Crippen molar-refractivity contribution in [3.63, 3.8) is 0 Å². The number of aryl methyl sites for hydroxylation is 2. The lowest BCUT2D eigenvalue weighted by molar-refractivity contribution is -0.130. The molecule has 138 valence electrons. The molecule has 3 rings (SSSR count). The molecule has 0 bridgehead atoms. The van der Waals surface area contributed by atoms with E-state index in [-0.39, 0.29) is 5.91 Å². The van der Waals surface area contributed by atoms with Crippen molar-refractivity contribution in [2.45, 2.75) is 26.2 Å². The van der Waals surface area contributed by atoms with Crippen molar-refractivity contribution in [3.05, 3.63) is 65.2 Å². The summed E-state index contributed by atoms with van der Waals surface area (Å²) in [6.07, 6.45) is 0.395. The number of ether oxygens (including phenoxy) is 1. The van der Waals surface area contributed by atoms with E-state index in [4.69, 9.17) is 10.5 Å². The number of carbonyl (C=O) groups is 1. The van der Waals surface area contributed by atoms with Crippen LogP contribution in [0.2, 0.25) is 0 Å². The SMILES string of the molecule is Cc1ccc(OCCC(=O)N2C[C@@H](CN)[C@H](c3ccccc3)C2)c(C)c1. The third-order valence-electron chi connectivity index (χ3n) is 5.23. The first-order valence-corrected chi connectivity index (χ1v) is 9.31. The summed E-state index contributed by atoms with van der Waals surface area (Å²) in [5, 5.41) is 0. The lowest BCUT2D eigenvalue weighted by atomic mass is 9.89. The number of amides is 1. The molecule has 1 fully saturated rings. The zero-order chi connectivity index (χ0) is 18.5. The normalized spacial score (nSPS) is 19.6.